The maximum absolute atomic E-state index is 10.3. The van der Waals surface area contributed by atoms with Crippen molar-refractivity contribution in [2.24, 2.45) is 0 Å². The summed E-state index contributed by atoms with van der Waals surface area (Å²) < 4.78 is 0. The van der Waals surface area contributed by atoms with Crippen LogP contribution >= 0.6 is 0 Å². The highest BCUT2D eigenvalue weighted by Crippen LogP contribution is 2.23. The number of aliphatic hydroxyl groups excluding tert-OH is 1. The van der Waals surface area contributed by atoms with E-state index in [9.17, 15) is 5.11 Å². The van der Waals surface area contributed by atoms with E-state index in [1.54, 1.807) is 0 Å². The van der Waals surface area contributed by atoms with E-state index >= 15 is 0 Å². The van der Waals surface area contributed by atoms with Gasteiger partial charge in [0.2, 0.25) is 0 Å². The first-order valence-corrected chi connectivity index (χ1v) is 6.26. The second-order valence-corrected chi connectivity index (χ2v) is 4.69. The van der Waals surface area contributed by atoms with Crippen LogP contribution in [0.2, 0.25) is 0 Å². The summed E-state index contributed by atoms with van der Waals surface area (Å²) in [6.45, 7) is 4.39. The molecular formula is C14H21NO. The van der Waals surface area contributed by atoms with Crippen molar-refractivity contribution in [3.63, 3.8) is 0 Å². The fraction of sp³-hybridized carbons (Fsp3) is 0.571. The Morgan fingerprint density at radius 2 is 1.69 bits per heavy atom. The molecule has 88 valence electrons. The first-order valence-electron chi connectivity index (χ1n) is 6.26. The molecule has 2 rings (SSSR count). The van der Waals surface area contributed by atoms with E-state index in [1.807, 2.05) is 30.3 Å². The van der Waals surface area contributed by atoms with Gasteiger partial charge in [-0.1, -0.05) is 36.8 Å². The third-order valence-electron chi connectivity index (χ3n) is 3.56. The third kappa shape index (κ3) is 2.63. The van der Waals surface area contributed by atoms with Crippen molar-refractivity contribution < 1.29 is 5.11 Å². The molecule has 0 saturated carbocycles. The molecule has 0 aromatic heterocycles. The molecule has 0 radical (unpaired) electrons. The minimum Gasteiger partial charge on any atom is -0.387 e. The number of hydrogen-bond acceptors (Lipinski definition) is 2. The summed E-state index contributed by atoms with van der Waals surface area (Å²) in [6, 6.07) is 10.2. The molecule has 2 heteroatoms. The Hall–Kier alpha value is -0.860. The first-order chi connectivity index (χ1) is 7.79. The van der Waals surface area contributed by atoms with Crippen LogP contribution in [-0.2, 0) is 0 Å². The van der Waals surface area contributed by atoms with E-state index in [0.717, 1.165) is 18.7 Å². The van der Waals surface area contributed by atoms with Gasteiger partial charge in [0.25, 0.3) is 0 Å². The van der Waals surface area contributed by atoms with Crippen molar-refractivity contribution in [2.45, 2.75) is 38.3 Å². The van der Waals surface area contributed by atoms with Crippen LogP contribution in [-0.4, -0.2) is 29.1 Å². The molecule has 1 fully saturated rings. The number of piperidine rings is 1. The molecule has 1 aromatic carbocycles. The lowest BCUT2D eigenvalue weighted by atomic mass is 10.00. The van der Waals surface area contributed by atoms with Crippen molar-refractivity contribution >= 4 is 0 Å². The molecule has 0 spiro atoms. The molecule has 1 aliphatic rings. The summed E-state index contributed by atoms with van der Waals surface area (Å²) in [4.78, 5) is 2.40. The van der Waals surface area contributed by atoms with Gasteiger partial charge in [0.05, 0.1) is 6.10 Å². The number of benzene rings is 1. The Labute approximate surface area is 97.9 Å². The molecule has 1 heterocycles. The van der Waals surface area contributed by atoms with Crippen molar-refractivity contribution in [3.8, 4) is 0 Å². The van der Waals surface area contributed by atoms with Crippen LogP contribution < -0.4 is 0 Å². The molecule has 2 atom stereocenters. The molecule has 1 aliphatic heterocycles. The standard InChI is InChI=1S/C14H21NO/c1-12(15-10-6-3-7-11-15)14(16)13-8-4-2-5-9-13/h2,4-5,8-9,12,14,16H,3,6-7,10-11H2,1H3/t12?,14-/m1/s1. The molecule has 0 aliphatic carbocycles. The lowest BCUT2D eigenvalue weighted by molar-refractivity contribution is 0.0471. The van der Waals surface area contributed by atoms with E-state index in [4.69, 9.17) is 0 Å². The van der Waals surface area contributed by atoms with Crippen LogP contribution in [0.1, 0.15) is 37.9 Å². The fourth-order valence-corrected chi connectivity index (χ4v) is 2.45. The SMILES string of the molecule is CC([C@@H](O)c1ccccc1)N1CCCCC1. The number of likely N-dealkylation sites (tertiary alicyclic amines) is 1. The second-order valence-electron chi connectivity index (χ2n) is 4.69. The van der Waals surface area contributed by atoms with Crippen molar-refractivity contribution in [1.29, 1.82) is 0 Å². The van der Waals surface area contributed by atoms with Gasteiger partial charge in [-0.05, 0) is 38.4 Å². The predicted molar refractivity (Wildman–Crippen MR) is 66.3 cm³/mol. The highest BCUT2D eigenvalue weighted by molar-refractivity contribution is 5.18. The number of hydrogen-bond donors (Lipinski definition) is 1. The topological polar surface area (TPSA) is 23.5 Å². The highest BCUT2D eigenvalue weighted by atomic mass is 16.3. The Morgan fingerprint density at radius 3 is 2.31 bits per heavy atom. The maximum Gasteiger partial charge on any atom is 0.0942 e. The van der Waals surface area contributed by atoms with Gasteiger partial charge in [-0.2, -0.15) is 0 Å². The van der Waals surface area contributed by atoms with Crippen LogP contribution in [0, 0.1) is 0 Å². The number of aliphatic hydroxyl groups is 1. The zero-order valence-electron chi connectivity index (χ0n) is 9.97. The minimum atomic E-state index is -0.362. The Kier molecular flexibility index (Phi) is 3.97. The molecule has 1 unspecified atom stereocenters. The summed E-state index contributed by atoms with van der Waals surface area (Å²) in [5, 5.41) is 10.3. The highest BCUT2D eigenvalue weighted by Gasteiger charge is 2.23. The minimum absolute atomic E-state index is 0.225. The number of rotatable bonds is 3. The molecule has 16 heavy (non-hydrogen) atoms. The molecular weight excluding hydrogens is 198 g/mol. The summed E-state index contributed by atoms with van der Waals surface area (Å²) in [5.41, 5.74) is 1.03. The average molecular weight is 219 g/mol. The van der Waals surface area contributed by atoms with Crippen molar-refractivity contribution in [2.75, 3.05) is 13.1 Å². The third-order valence-corrected chi connectivity index (χ3v) is 3.56. The largest absolute Gasteiger partial charge is 0.387 e. The van der Waals surface area contributed by atoms with Gasteiger partial charge in [0.1, 0.15) is 0 Å². The smallest absolute Gasteiger partial charge is 0.0942 e. The fourth-order valence-electron chi connectivity index (χ4n) is 2.45. The van der Waals surface area contributed by atoms with E-state index < -0.39 is 0 Å². The van der Waals surface area contributed by atoms with Gasteiger partial charge in [-0.15, -0.1) is 0 Å². The van der Waals surface area contributed by atoms with Crippen molar-refractivity contribution in [1.82, 2.24) is 4.90 Å². The number of nitrogens with zero attached hydrogens (tertiary/aromatic N) is 1. The average Bonchev–Trinajstić information content (AvgIpc) is 2.39. The van der Waals surface area contributed by atoms with Gasteiger partial charge in [0, 0.05) is 6.04 Å². The quantitative estimate of drug-likeness (QED) is 0.844. The summed E-state index contributed by atoms with van der Waals surface area (Å²) in [7, 11) is 0. The molecule has 1 saturated heterocycles. The second kappa shape index (κ2) is 5.46. The molecule has 1 N–H and O–H groups in total. The lowest BCUT2D eigenvalue weighted by Gasteiger charge is -2.35. The van der Waals surface area contributed by atoms with E-state index in [1.165, 1.54) is 19.3 Å². The predicted octanol–water partition coefficient (Wildman–Crippen LogP) is 2.59. The van der Waals surface area contributed by atoms with Crippen LogP contribution in [0.4, 0.5) is 0 Å². The Balaban J connectivity index is 2.00. The molecule has 0 bridgehead atoms. The first kappa shape index (κ1) is 11.6. The van der Waals surface area contributed by atoms with Crippen molar-refractivity contribution in [3.05, 3.63) is 35.9 Å². The van der Waals surface area contributed by atoms with Gasteiger partial charge >= 0.3 is 0 Å². The molecule has 0 amide bonds. The summed E-state index contributed by atoms with van der Waals surface area (Å²) in [6.07, 6.45) is 3.52. The van der Waals surface area contributed by atoms with Crippen LogP contribution in [0.5, 0.6) is 0 Å². The van der Waals surface area contributed by atoms with Crippen LogP contribution in [0.15, 0.2) is 30.3 Å². The maximum atomic E-state index is 10.3. The normalized spacial score (nSPS) is 21.6. The molecule has 1 aromatic rings. The van der Waals surface area contributed by atoms with Crippen LogP contribution in [0.3, 0.4) is 0 Å². The van der Waals surface area contributed by atoms with E-state index in [2.05, 4.69) is 11.8 Å². The lowest BCUT2D eigenvalue weighted by Crippen LogP contribution is -2.40. The Bertz CT molecular complexity index is 306. The van der Waals surface area contributed by atoms with Gasteiger partial charge < -0.3 is 5.11 Å². The Morgan fingerprint density at radius 1 is 1.06 bits per heavy atom. The van der Waals surface area contributed by atoms with Gasteiger partial charge in [0.15, 0.2) is 0 Å². The van der Waals surface area contributed by atoms with Crippen LogP contribution in [0.25, 0.3) is 0 Å². The summed E-state index contributed by atoms with van der Waals surface area (Å²) >= 11 is 0. The zero-order valence-corrected chi connectivity index (χ0v) is 9.97. The van der Waals surface area contributed by atoms with Gasteiger partial charge in [-0.3, -0.25) is 4.90 Å². The van der Waals surface area contributed by atoms with E-state index in [-0.39, 0.29) is 12.1 Å². The summed E-state index contributed by atoms with van der Waals surface area (Å²) in [5.74, 6) is 0. The monoisotopic (exact) mass is 219 g/mol. The van der Waals surface area contributed by atoms with Gasteiger partial charge in [-0.25, -0.2) is 0 Å². The van der Waals surface area contributed by atoms with E-state index in [0.29, 0.717) is 0 Å². The molecule has 2 nitrogen and oxygen atoms in total. The zero-order chi connectivity index (χ0) is 11.4.